The number of rotatable bonds is 5. The van der Waals surface area contributed by atoms with Crippen LogP contribution in [0.25, 0.3) is 0 Å². The first-order chi connectivity index (χ1) is 10.9. The molecule has 2 rings (SSSR count). The standard InChI is InChI=1S/C16H25N5O2/c1-11-5-6-13(15(18-11)20(2)3)19-16(23)17-8-7-12-9-14(22)21(4)10-12/h5-6,12H,7-10H2,1-4H3,(H2,17,19,23). The van der Waals surface area contributed by atoms with Crippen LogP contribution >= 0.6 is 0 Å². The molecular weight excluding hydrogens is 294 g/mol. The maximum atomic E-state index is 12.0. The van der Waals surface area contributed by atoms with Gasteiger partial charge in [0.2, 0.25) is 5.91 Å². The van der Waals surface area contributed by atoms with Gasteiger partial charge in [-0.3, -0.25) is 4.79 Å². The third-order valence-corrected chi connectivity index (χ3v) is 3.95. The second-order valence-corrected chi connectivity index (χ2v) is 6.23. The van der Waals surface area contributed by atoms with Gasteiger partial charge < -0.3 is 20.4 Å². The number of aromatic nitrogens is 1. The molecule has 7 heteroatoms. The molecule has 0 saturated carbocycles. The van der Waals surface area contributed by atoms with E-state index in [1.807, 2.05) is 45.1 Å². The van der Waals surface area contributed by atoms with Crippen LogP contribution in [0.15, 0.2) is 12.1 Å². The Balaban J connectivity index is 1.82. The van der Waals surface area contributed by atoms with Crippen LogP contribution in [0, 0.1) is 12.8 Å². The second-order valence-electron chi connectivity index (χ2n) is 6.23. The predicted octanol–water partition coefficient (Wildman–Crippen LogP) is 1.45. The van der Waals surface area contributed by atoms with Gasteiger partial charge in [0.1, 0.15) is 0 Å². The molecule has 0 spiro atoms. The lowest BCUT2D eigenvalue weighted by Crippen LogP contribution is -2.31. The van der Waals surface area contributed by atoms with Gasteiger partial charge in [-0.15, -0.1) is 0 Å². The zero-order valence-corrected chi connectivity index (χ0v) is 14.2. The molecule has 1 aromatic rings. The van der Waals surface area contributed by atoms with E-state index in [1.54, 1.807) is 4.90 Å². The average Bonchev–Trinajstić information content (AvgIpc) is 2.79. The van der Waals surface area contributed by atoms with Crippen molar-refractivity contribution in [2.45, 2.75) is 19.8 Å². The summed E-state index contributed by atoms with van der Waals surface area (Å²) in [6.45, 7) is 3.24. The molecule has 1 fully saturated rings. The van der Waals surface area contributed by atoms with Crippen LogP contribution in [0.4, 0.5) is 16.3 Å². The Bertz CT molecular complexity index is 588. The fourth-order valence-corrected chi connectivity index (χ4v) is 2.69. The number of carbonyl (C=O) groups is 2. The van der Waals surface area contributed by atoms with Crippen LogP contribution in [-0.4, -0.2) is 56.1 Å². The number of nitrogens with zero attached hydrogens (tertiary/aromatic N) is 3. The molecule has 1 aromatic heterocycles. The van der Waals surface area contributed by atoms with Gasteiger partial charge in [0, 0.05) is 46.3 Å². The average molecular weight is 319 g/mol. The summed E-state index contributed by atoms with van der Waals surface area (Å²) in [7, 11) is 5.59. The summed E-state index contributed by atoms with van der Waals surface area (Å²) in [5.74, 6) is 1.23. The predicted molar refractivity (Wildman–Crippen MR) is 90.7 cm³/mol. The first kappa shape index (κ1) is 17.1. The van der Waals surface area contributed by atoms with Crippen LogP contribution in [-0.2, 0) is 4.79 Å². The van der Waals surface area contributed by atoms with E-state index in [0.717, 1.165) is 24.5 Å². The lowest BCUT2D eigenvalue weighted by Gasteiger charge is -2.17. The van der Waals surface area contributed by atoms with Gasteiger partial charge in [-0.05, 0) is 31.4 Å². The molecule has 1 atom stereocenters. The van der Waals surface area contributed by atoms with E-state index in [4.69, 9.17) is 0 Å². The lowest BCUT2D eigenvalue weighted by molar-refractivity contribution is -0.126. The third kappa shape index (κ3) is 4.58. The molecule has 7 nitrogen and oxygen atoms in total. The molecule has 1 unspecified atom stereocenters. The summed E-state index contributed by atoms with van der Waals surface area (Å²) in [5, 5.41) is 5.67. The summed E-state index contributed by atoms with van der Waals surface area (Å²) < 4.78 is 0. The van der Waals surface area contributed by atoms with Crippen molar-refractivity contribution in [3.05, 3.63) is 17.8 Å². The van der Waals surface area contributed by atoms with E-state index in [1.165, 1.54) is 0 Å². The van der Waals surface area contributed by atoms with E-state index in [2.05, 4.69) is 15.6 Å². The molecule has 0 aliphatic carbocycles. The van der Waals surface area contributed by atoms with Crippen molar-refractivity contribution in [1.29, 1.82) is 0 Å². The second kappa shape index (κ2) is 7.30. The van der Waals surface area contributed by atoms with Crippen molar-refractivity contribution in [3.63, 3.8) is 0 Å². The first-order valence-electron chi connectivity index (χ1n) is 7.80. The highest BCUT2D eigenvalue weighted by atomic mass is 16.2. The maximum absolute atomic E-state index is 12.0. The van der Waals surface area contributed by atoms with Crippen LogP contribution in [0.2, 0.25) is 0 Å². The van der Waals surface area contributed by atoms with Crippen molar-refractivity contribution < 1.29 is 9.59 Å². The topological polar surface area (TPSA) is 77.6 Å². The Labute approximate surface area is 137 Å². The Morgan fingerprint density at radius 1 is 1.43 bits per heavy atom. The summed E-state index contributed by atoms with van der Waals surface area (Å²) in [6, 6.07) is 3.46. The Morgan fingerprint density at radius 3 is 2.78 bits per heavy atom. The molecule has 1 aliphatic heterocycles. The van der Waals surface area contributed by atoms with Gasteiger partial charge in [-0.1, -0.05) is 0 Å². The molecule has 23 heavy (non-hydrogen) atoms. The van der Waals surface area contributed by atoms with Crippen molar-refractivity contribution >= 4 is 23.4 Å². The largest absolute Gasteiger partial charge is 0.361 e. The number of amides is 3. The number of likely N-dealkylation sites (tertiary alicyclic amines) is 1. The summed E-state index contributed by atoms with van der Waals surface area (Å²) >= 11 is 0. The fraction of sp³-hybridized carbons (Fsp3) is 0.562. The van der Waals surface area contributed by atoms with E-state index in [0.29, 0.717) is 24.6 Å². The van der Waals surface area contributed by atoms with E-state index in [-0.39, 0.29) is 11.9 Å². The van der Waals surface area contributed by atoms with Crippen molar-refractivity contribution in [2.24, 2.45) is 5.92 Å². The third-order valence-electron chi connectivity index (χ3n) is 3.95. The number of nitrogens with one attached hydrogen (secondary N) is 2. The zero-order valence-electron chi connectivity index (χ0n) is 14.2. The number of carbonyl (C=O) groups excluding carboxylic acids is 2. The molecule has 0 aromatic carbocycles. The van der Waals surface area contributed by atoms with Crippen molar-refractivity contribution in [2.75, 3.05) is 44.4 Å². The highest BCUT2D eigenvalue weighted by Crippen LogP contribution is 2.22. The molecule has 1 aliphatic rings. The van der Waals surface area contributed by atoms with Crippen molar-refractivity contribution in [1.82, 2.24) is 15.2 Å². The van der Waals surface area contributed by atoms with E-state index in [9.17, 15) is 9.59 Å². The molecule has 1 saturated heterocycles. The van der Waals surface area contributed by atoms with Gasteiger partial charge in [0.15, 0.2) is 5.82 Å². The van der Waals surface area contributed by atoms with Crippen molar-refractivity contribution in [3.8, 4) is 0 Å². The van der Waals surface area contributed by atoms with E-state index >= 15 is 0 Å². The highest BCUT2D eigenvalue weighted by molar-refractivity contribution is 5.92. The van der Waals surface area contributed by atoms with E-state index < -0.39 is 0 Å². The monoisotopic (exact) mass is 319 g/mol. The number of hydrogen-bond acceptors (Lipinski definition) is 4. The molecule has 3 amide bonds. The Kier molecular flexibility index (Phi) is 5.41. The first-order valence-corrected chi connectivity index (χ1v) is 7.80. The highest BCUT2D eigenvalue weighted by Gasteiger charge is 2.26. The Morgan fingerprint density at radius 2 is 2.17 bits per heavy atom. The normalized spacial score (nSPS) is 17.3. The van der Waals surface area contributed by atoms with Crippen LogP contribution in [0.5, 0.6) is 0 Å². The quantitative estimate of drug-likeness (QED) is 0.861. The summed E-state index contributed by atoms with van der Waals surface area (Å²) in [5.41, 5.74) is 1.57. The molecule has 2 N–H and O–H groups in total. The minimum absolute atomic E-state index is 0.181. The zero-order chi connectivity index (χ0) is 17.0. The van der Waals surface area contributed by atoms with Gasteiger partial charge >= 0.3 is 6.03 Å². The number of anilines is 2. The van der Waals surface area contributed by atoms with Crippen LogP contribution in [0.1, 0.15) is 18.5 Å². The molecule has 2 heterocycles. The van der Waals surface area contributed by atoms with Gasteiger partial charge in [0.05, 0.1) is 5.69 Å². The minimum atomic E-state index is -0.253. The summed E-state index contributed by atoms with van der Waals surface area (Å²) in [4.78, 5) is 31.5. The maximum Gasteiger partial charge on any atom is 0.319 e. The molecule has 0 bridgehead atoms. The molecule has 0 radical (unpaired) electrons. The minimum Gasteiger partial charge on any atom is -0.361 e. The lowest BCUT2D eigenvalue weighted by atomic mass is 10.1. The van der Waals surface area contributed by atoms with Crippen LogP contribution < -0.4 is 15.5 Å². The van der Waals surface area contributed by atoms with Gasteiger partial charge in [0.25, 0.3) is 0 Å². The number of hydrogen-bond donors (Lipinski definition) is 2. The number of urea groups is 1. The fourth-order valence-electron chi connectivity index (χ4n) is 2.69. The van der Waals surface area contributed by atoms with Gasteiger partial charge in [-0.25, -0.2) is 9.78 Å². The van der Waals surface area contributed by atoms with Crippen LogP contribution in [0.3, 0.4) is 0 Å². The Hall–Kier alpha value is -2.31. The molecule has 126 valence electrons. The number of pyridine rings is 1. The SMILES string of the molecule is Cc1ccc(NC(=O)NCCC2CC(=O)N(C)C2)c(N(C)C)n1. The smallest absolute Gasteiger partial charge is 0.319 e. The summed E-state index contributed by atoms with van der Waals surface area (Å²) in [6.07, 6.45) is 1.38. The molecular formula is C16H25N5O2. The van der Waals surface area contributed by atoms with Gasteiger partial charge in [-0.2, -0.15) is 0 Å². The number of aryl methyl sites for hydroxylation is 1.